The van der Waals surface area contributed by atoms with Crippen molar-refractivity contribution >= 4 is 17.8 Å². The fraction of sp³-hybridized carbons (Fsp3) is 0.873. The molecule has 0 aliphatic heterocycles. The van der Waals surface area contributed by atoms with Crippen LogP contribution in [0.2, 0.25) is 0 Å². The zero-order valence-corrected chi connectivity index (χ0v) is 41.0. The minimum atomic E-state index is -0.661. The zero-order valence-electron chi connectivity index (χ0n) is 41.0. The van der Waals surface area contributed by atoms with Crippen LogP contribution in [-0.4, -0.2) is 37.1 Å². The Balaban J connectivity index is 4.36. The van der Waals surface area contributed by atoms with Crippen molar-refractivity contribution in [3.8, 4) is 0 Å². The molecule has 0 heterocycles. The molecule has 0 radical (unpaired) electrons. The third-order valence-corrected chi connectivity index (χ3v) is 12.0. The van der Waals surface area contributed by atoms with E-state index in [0.29, 0.717) is 19.3 Å². The van der Waals surface area contributed by atoms with Crippen LogP contribution in [0.3, 0.4) is 0 Å². The van der Waals surface area contributed by atoms with Crippen molar-refractivity contribution in [2.45, 2.75) is 297 Å². The fourth-order valence-electron chi connectivity index (χ4n) is 7.94. The lowest BCUT2D eigenvalue weighted by Crippen LogP contribution is -2.38. The zero-order chi connectivity index (χ0) is 44.4. The second kappa shape index (κ2) is 50.5. The minimum Gasteiger partial charge on any atom is -0.462 e. The predicted molar refractivity (Wildman–Crippen MR) is 263 cm³/mol. The number of unbranched alkanes of at least 4 members (excludes halogenated alkanes) is 34. The molecule has 0 aliphatic carbocycles. The number of allylic oxidation sites excluding steroid dienone is 4. The molecule has 0 fully saturated rings. The van der Waals surface area contributed by atoms with Crippen LogP contribution in [0.15, 0.2) is 24.3 Å². The van der Waals surface area contributed by atoms with Crippen molar-refractivity contribution in [3.63, 3.8) is 0 Å². The summed E-state index contributed by atoms with van der Waals surface area (Å²) >= 11 is 0. The van der Waals surface area contributed by atoms with E-state index in [1.807, 2.05) is 0 Å². The third kappa shape index (κ3) is 48.8. The van der Waals surface area contributed by atoms with E-state index >= 15 is 0 Å². The van der Waals surface area contributed by atoms with E-state index in [-0.39, 0.29) is 31.0 Å². The summed E-state index contributed by atoms with van der Waals surface area (Å²) in [5, 5.41) is 2.96. The van der Waals surface area contributed by atoms with E-state index in [2.05, 4.69) is 50.4 Å². The van der Waals surface area contributed by atoms with Crippen LogP contribution < -0.4 is 5.32 Å². The van der Waals surface area contributed by atoms with E-state index in [0.717, 1.165) is 70.6 Å². The third-order valence-electron chi connectivity index (χ3n) is 12.0. The molecule has 0 spiro atoms. The van der Waals surface area contributed by atoms with E-state index < -0.39 is 6.10 Å². The van der Waals surface area contributed by atoms with E-state index in [4.69, 9.17) is 9.47 Å². The molecule has 61 heavy (non-hydrogen) atoms. The van der Waals surface area contributed by atoms with Crippen LogP contribution >= 0.6 is 0 Å². The normalized spacial score (nSPS) is 12.1. The van der Waals surface area contributed by atoms with E-state index in [1.165, 1.54) is 180 Å². The number of hydrogen-bond donors (Lipinski definition) is 1. The monoisotopic (exact) mass is 858 g/mol. The SMILES string of the molecule is CCCCCCCC/C=C\CCCCCCCC(=O)NCC(COC(=O)CCCCCCC/C=C\CCCCCCCC)OC(=O)CCCCCCCCCCCCCCC. The number of hydrogen-bond acceptors (Lipinski definition) is 5. The summed E-state index contributed by atoms with van der Waals surface area (Å²) in [5.74, 6) is -0.558. The molecule has 0 aliphatic rings. The Morgan fingerprint density at radius 2 is 0.672 bits per heavy atom. The molecule has 0 aromatic heterocycles. The highest BCUT2D eigenvalue weighted by atomic mass is 16.6. The first-order valence-corrected chi connectivity index (χ1v) is 26.9. The first kappa shape index (κ1) is 58.9. The van der Waals surface area contributed by atoms with Gasteiger partial charge in [-0.05, 0) is 70.6 Å². The Morgan fingerprint density at radius 3 is 1.03 bits per heavy atom. The Hall–Kier alpha value is -2.11. The highest BCUT2D eigenvalue weighted by Crippen LogP contribution is 2.15. The van der Waals surface area contributed by atoms with Crippen molar-refractivity contribution in [1.82, 2.24) is 5.32 Å². The lowest BCUT2D eigenvalue weighted by Gasteiger charge is -2.19. The van der Waals surface area contributed by atoms with E-state index in [1.54, 1.807) is 0 Å². The van der Waals surface area contributed by atoms with Gasteiger partial charge in [0.15, 0.2) is 6.10 Å². The number of nitrogens with one attached hydrogen (secondary N) is 1. The second-order valence-corrected chi connectivity index (χ2v) is 18.3. The van der Waals surface area contributed by atoms with Crippen LogP contribution in [0.4, 0.5) is 0 Å². The highest BCUT2D eigenvalue weighted by molar-refractivity contribution is 5.76. The Kier molecular flexibility index (Phi) is 48.8. The lowest BCUT2D eigenvalue weighted by atomic mass is 10.0. The Bertz CT molecular complexity index is 937. The molecule has 0 aromatic rings. The predicted octanol–water partition coefficient (Wildman–Crippen LogP) is 17.1. The van der Waals surface area contributed by atoms with Crippen LogP contribution in [0.25, 0.3) is 0 Å². The first-order valence-electron chi connectivity index (χ1n) is 26.9. The molecular formula is C55H103NO5. The van der Waals surface area contributed by atoms with Gasteiger partial charge < -0.3 is 14.8 Å². The van der Waals surface area contributed by atoms with Crippen molar-refractivity contribution < 1.29 is 23.9 Å². The molecule has 358 valence electrons. The van der Waals surface area contributed by atoms with Gasteiger partial charge >= 0.3 is 11.9 Å². The maximum atomic E-state index is 12.8. The second-order valence-electron chi connectivity index (χ2n) is 18.3. The largest absolute Gasteiger partial charge is 0.462 e. The van der Waals surface area contributed by atoms with Gasteiger partial charge in [0.05, 0.1) is 6.54 Å². The average molecular weight is 858 g/mol. The first-order chi connectivity index (χ1) is 30.0. The van der Waals surface area contributed by atoms with Crippen molar-refractivity contribution in [1.29, 1.82) is 0 Å². The van der Waals surface area contributed by atoms with Gasteiger partial charge in [0.25, 0.3) is 0 Å². The van der Waals surface area contributed by atoms with Gasteiger partial charge in [-0.15, -0.1) is 0 Å². The summed E-state index contributed by atoms with van der Waals surface area (Å²) in [5.41, 5.74) is 0. The molecule has 0 bridgehead atoms. The number of ether oxygens (including phenoxy) is 2. The molecule has 6 nitrogen and oxygen atoms in total. The smallest absolute Gasteiger partial charge is 0.306 e. The quantitative estimate of drug-likeness (QED) is 0.0374. The molecule has 0 saturated carbocycles. The summed E-state index contributed by atoms with van der Waals surface area (Å²) in [4.78, 5) is 38.1. The summed E-state index contributed by atoms with van der Waals surface area (Å²) in [6.45, 7) is 6.96. The van der Waals surface area contributed by atoms with Crippen molar-refractivity contribution in [2.24, 2.45) is 0 Å². The topological polar surface area (TPSA) is 81.7 Å². The van der Waals surface area contributed by atoms with Crippen LogP contribution in [0, 0.1) is 0 Å². The molecule has 1 N–H and O–H groups in total. The number of amides is 1. The number of rotatable bonds is 49. The summed E-state index contributed by atoms with van der Waals surface area (Å²) in [7, 11) is 0. The molecule has 1 amide bonds. The van der Waals surface area contributed by atoms with Crippen molar-refractivity contribution in [3.05, 3.63) is 24.3 Å². The molecule has 0 saturated heterocycles. The highest BCUT2D eigenvalue weighted by Gasteiger charge is 2.18. The van der Waals surface area contributed by atoms with Gasteiger partial charge in [-0.3, -0.25) is 14.4 Å². The number of carbonyl (C=O) groups excluding carboxylic acids is 3. The maximum Gasteiger partial charge on any atom is 0.306 e. The summed E-state index contributed by atoms with van der Waals surface area (Å²) < 4.78 is 11.4. The lowest BCUT2D eigenvalue weighted by molar-refractivity contribution is -0.159. The molecule has 1 unspecified atom stereocenters. The Labute approximate surface area is 379 Å². The molecule has 6 heteroatoms. The Morgan fingerprint density at radius 1 is 0.377 bits per heavy atom. The van der Waals surface area contributed by atoms with Gasteiger partial charge in [-0.2, -0.15) is 0 Å². The van der Waals surface area contributed by atoms with Gasteiger partial charge in [0.1, 0.15) is 6.61 Å². The van der Waals surface area contributed by atoms with Gasteiger partial charge in [0.2, 0.25) is 5.91 Å². The van der Waals surface area contributed by atoms with E-state index in [9.17, 15) is 14.4 Å². The van der Waals surface area contributed by atoms with Gasteiger partial charge in [-0.25, -0.2) is 0 Å². The standard InChI is InChI=1S/C55H103NO5/c1-4-7-10-13-16-19-22-25-27-30-32-35-38-41-44-47-53(57)56-50-52(61-55(59)49-46-43-40-37-34-29-24-21-18-15-12-9-6-3)51-60-54(58)48-45-42-39-36-33-31-28-26-23-20-17-14-11-8-5-2/h25-28,52H,4-24,29-51H2,1-3H3,(H,56,57)/b27-25-,28-26-. The molecule has 0 aromatic carbocycles. The maximum absolute atomic E-state index is 12.8. The van der Waals surface area contributed by atoms with Crippen LogP contribution in [0.5, 0.6) is 0 Å². The summed E-state index contributed by atoms with van der Waals surface area (Å²) in [6, 6.07) is 0. The molecular weight excluding hydrogens is 755 g/mol. The van der Waals surface area contributed by atoms with Gasteiger partial charge in [0, 0.05) is 19.3 Å². The van der Waals surface area contributed by atoms with Gasteiger partial charge in [-0.1, -0.05) is 225 Å². The average Bonchev–Trinajstić information content (AvgIpc) is 3.26. The fourth-order valence-corrected chi connectivity index (χ4v) is 7.94. The minimum absolute atomic E-state index is 0.0120. The number of carbonyl (C=O) groups is 3. The van der Waals surface area contributed by atoms with Crippen molar-refractivity contribution in [2.75, 3.05) is 13.2 Å². The summed E-state index contributed by atoms with van der Waals surface area (Å²) in [6.07, 6.45) is 58.0. The molecule has 1 atom stereocenters. The number of esters is 2. The molecule has 0 rings (SSSR count). The van der Waals surface area contributed by atoms with Crippen LogP contribution in [0.1, 0.15) is 290 Å². The van der Waals surface area contributed by atoms with Crippen LogP contribution in [-0.2, 0) is 23.9 Å².